The molecule has 1 aliphatic rings. The van der Waals surface area contributed by atoms with Gasteiger partial charge in [0.2, 0.25) is 0 Å². The van der Waals surface area contributed by atoms with E-state index in [0.29, 0.717) is 0 Å². The number of nitrogens with one attached hydrogen (secondary N) is 1. The molecule has 0 amide bonds. The van der Waals surface area contributed by atoms with E-state index >= 15 is 0 Å². The maximum absolute atomic E-state index is 4.36. The molecule has 2 aromatic heterocycles. The lowest BCUT2D eigenvalue weighted by molar-refractivity contribution is 0.786. The van der Waals surface area contributed by atoms with Crippen LogP contribution in [0.5, 0.6) is 0 Å². The van der Waals surface area contributed by atoms with E-state index in [-0.39, 0.29) is 0 Å². The van der Waals surface area contributed by atoms with E-state index in [2.05, 4.69) is 43.0 Å². The molecular weight excluding hydrogens is 306 g/mol. The van der Waals surface area contributed by atoms with Crippen molar-refractivity contribution in [1.29, 1.82) is 0 Å². The van der Waals surface area contributed by atoms with Crippen LogP contribution in [0.3, 0.4) is 0 Å². The van der Waals surface area contributed by atoms with Crippen LogP contribution < -0.4 is 5.32 Å². The van der Waals surface area contributed by atoms with E-state index < -0.39 is 0 Å². The van der Waals surface area contributed by atoms with Gasteiger partial charge in [0.15, 0.2) is 5.82 Å². The van der Waals surface area contributed by atoms with Crippen LogP contribution in [0.2, 0.25) is 0 Å². The van der Waals surface area contributed by atoms with Crippen molar-refractivity contribution in [3.05, 3.63) is 60.5 Å². The number of nitrogens with zero attached hydrogens (tertiary/aromatic N) is 4. The molecule has 0 radical (unpaired) electrons. The Labute approximate surface area is 138 Å². The highest BCUT2D eigenvalue weighted by atomic mass is 32.2. The molecule has 1 N–H and O–H groups in total. The first-order valence-electron chi connectivity index (χ1n) is 7.36. The van der Waals surface area contributed by atoms with Crippen LogP contribution in [0.4, 0.5) is 11.5 Å². The van der Waals surface area contributed by atoms with Crippen LogP contribution in [0.25, 0.3) is 6.08 Å². The van der Waals surface area contributed by atoms with E-state index in [1.807, 2.05) is 31.5 Å². The van der Waals surface area contributed by atoms with Crippen molar-refractivity contribution in [2.24, 2.45) is 0 Å². The Bertz CT molecular complexity index is 884. The molecule has 3 aromatic rings. The van der Waals surface area contributed by atoms with Crippen molar-refractivity contribution >= 4 is 29.3 Å². The van der Waals surface area contributed by atoms with Gasteiger partial charge in [-0.15, -0.1) is 0 Å². The molecule has 23 heavy (non-hydrogen) atoms. The Morgan fingerprint density at radius 1 is 1.17 bits per heavy atom. The van der Waals surface area contributed by atoms with Crippen molar-refractivity contribution in [3.63, 3.8) is 0 Å². The molecule has 5 nitrogen and oxygen atoms in total. The summed E-state index contributed by atoms with van der Waals surface area (Å²) in [5, 5.41) is 4.28. The highest BCUT2D eigenvalue weighted by Gasteiger charge is 2.17. The number of rotatable bonds is 3. The number of hydrogen-bond acceptors (Lipinski definition) is 5. The second kappa shape index (κ2) is 5.89. The Kier molecular flexibility index (Phi) is 3.59. The average molecular weight is 321 g/mol. The maximum Gasteiger partial charge on any atom is 0.163 e. The topological polar surface area (TPSA) is 55.6 Å². The fourth-order valence-corrected chi connectivity index (χ4v) is 3.42. The lowest BCUT2D eigenvalue weighted by atomic mass is 10.2. The van der Waals surface area contributed by atoms with Crippen LogP contribution in [0, 0.1) is 0 Å². The minimum absolute atomic E-state index is 0.784. The second-order valence-corrected chi connectivity index (χ2v) is 6.21. The summed E-state index contributed by atoms with van der Waals surface area (Å²) in [6, 6.07) is 6.44. The molecule has 114 valence electrons. The van der Waals surface area contributed by atoms with Gasteiger partial charge in [-0.25, -0.2) is 15.0 Å². The summed E-state index contributed by atoms with van der Waals surface area (Å²) in [4.78, 5) is 14.2. The van der Waals surface area contributed by atoms with E-state index in [1.165, 1.54) is 10.5 Å². The third kappa shape index (κ3) is 2.73. The first-order chi connectivity index (χ1) is 11.3. The third-order valence-electron chi connectivity index (χ3n) is 3.58. The monoisotopic (exact) mass is 321 g/mol. The summed E-state index contributed by atoms with van der Waals surface area (Å²) < 4.78 is 2.13. The number of benzene rings is 1. The Morgan fingerprint density at radius 3 is 3.00 bits per heavy atom. The summed E-state index contributed by atoms with van der Waals surface area (Å²) in [6.07, 6.45) is 11.3. The fraction of sp³-hybridized carbons (Fsp3) is 0.118. The van der Waals surface area contributed by atoms with Gasteiger partial charge in [0, 0.05) is 36.2 Å². The SMILES string of the molecule is C/C=C/c1nccn1Cc1ccc2c(c1)Nc1nccnc1S2. The zero-order valence-corrected chi connectivity index (χ0v) is 13.4. The Balaban J connectivity index is 1.62. The van der Waals surface area contributed by atoms with Crippen molar-refractivity contribution in [3.8, 4) is 0 Å². The number of fused-ring (bicyclic) bond motifs is 2. The van der Waals surface area contributed by atoms with Gasteiger partial charge in [0.1, 0.15) is 10.9 Å². The minimum atomic E-state index is 0.784. The van der Waals surface area contributed by atoms with Crippen LogP contribution >= 0.6 is 11.8 Å². The largest absolute Gasteiger partial charge is 0.337 e. The summed E-state index contributed by atoms with van der Waals surface area (Å²) in [5.74, 6) is 1.78. The van der Waals surface area contributed by atoms with Gasteiger partial charge in [-0.05, 0) is 30.7 Å². The quantitative estimate of drug-likeness (QED) is 0.619. The molecule has 0 saturated carbocycles. The summed E-state index contributed by atoms with van der Waals surface area (Å²) in [5.41, 5.74) is 2.29. The smallest absolute Gasteiger partial charge is 0.163 e. The molecule has 1 aromatic carbocycles. The van der Waals surface area contributed by atoms with Crippen molar-refractivity contribution in [2.75, 3.05) is 5.32 Å². The molecule has 0 bridgehead atoms. The molecular formula is C17H15N5S. The number of imidazole rings is 1. The molecule has 6 heteroatoms. The number of allylic oxidation sites excluding steroid dienone is 1. The highest BCUT2D eigenvalue weighted by molar-refractivity contribution is 7.99. The van der Waals surface area contributed by atoms with Crippen molar-refractivity contribution in [1.82, 2.24) is 19.5 Å². The van der Waals surface area contributed by atoms with Gasteiger partial charge in [0.05, 0.1) is 5.69 Å². The molecule has 0 saturated heterocycles. The number of hydrogen-bond donors (Lipinski definition) is 1. The first kappa shape index (κ1) is 14.0. The molecule has 0 fully saturated rings. The summed E-state index contributed by atoms with van der Waals surface area (Å²) in [7, 11) is 0. The van der Waals surface area contributed by atoms with E-state index in [4.69, 9.17) is 0 Å². The Morgan fingerprint density at radius 2 is 2.09 bits per heavy atom. The van der Waals surface area contributed by atoms with Gasteiger partial charge in [-0.1, -0.05) is 23.9 Å². The highest BCUT2D eigenvalue weighted by Crippen LogP contribution is 2.42. The van der Waals surface area contributed by atoms with Gasteiger partial charge in [-0.2, -0.15) is 0 Å². The maximum atomic E-state index is 4.36. The number of anilines is 2. The lowest BCUT2D eigenvalue weighted by Gasteiger charge is -2.19. The summed E-state index contributed by atoms with van der Waals surface area (Å²) >= 11 is 1.64. The lowest BCUT2D eigenvalue weighted by Crippen LogP contribution is -2.06. The van der Waals surface area contributed by atoms with Crippen molar-refractivity contribution in [2.45, 2.75) is 23.4 Å². The minimum Gasteiger partial charge on any atom is -0.337 e. The van der Waals surface area contributed by atoms with Crippen LogP contribution in [-0.4, -0.2) is 19.5 Å². The van der Waals surface area contributed by atoms with Gasteiger partial charge in [-0.3, -0.25) is 0 Å². The standard InChI is InChI=1S/C17H15N5S/c1-2-3-15-18-8-9-22(15)11-12-4-5-14-13(10-12)21-16-17(23-14)20-7-6-19-16/h2-10H,11H2,1H3,(H,19,21)/b3-2+. The molecule has 0 unspecified atom stereocenters. The van der Waals surface area contributed by atoms with E-state index in [9.17, 15) is 0 Å². The first-order valence-corrected chi connectivity index (χ1v) is 8.18. The molecule has 0 atom stereocenters. The predicted molar refractivity (Wildman–Crippen MR) is 91.9 cm³/mol. The van der Waals surface area contributed by atoms with Crippen molar-refractivity contribution < 1.29 is 0 Å². The summed E-state index contributed by atoms with van der Waals surface area (Å²) in [6.45, 7) is 2.78. The zero-order valence-electron chi connectivity index (χ0n) is 12.6. The molecule has 0 aliphatic carbocycles. The fourth-order valence-electron chi connectivity index (χ4n) is 2.54. The molecule has 4 rings (SSSR count). The molecule has 1 aliphatic heterocycles. The van der Waals surface area contributed by atoms with Gasteiger partial charge >= 0.3 is 0 Å². The molecule has 0 spiro atoms. The van der Waals surface area contributed by atoms with Crippen LogP contribution in [0.1, 0.15) is 18.3 Å². The zero-order chi connectivity index (χ0) is 15.6. The predicted octanol–water partition coefficient (Wildman–Crippen LogP) is 3.96. The normalized spacial score (nSPS) is 12.7. The van der Waals surface area contributed by atoms with Crippen LogP contribution in [0.15, 0.2) is 59.0 Å². The second-order valence-electron chi connectivity index (χ2n) is 5.18. The van der Waals surface area contributed by atoms with E-state index in [0.717, 1.165) is 28.9 Å². The molecule has 3 heterocycles. The van der Waals surface area contributed by atoms with E-state index in [1.54, 1.807) is 24.2 Å². The average Bonchev–Trinajstić information content (AvgIpc) is 3.00. The third-order valence-corrected chi connectivity index (χ3v) is 4.65. The van der Waals surface area contributed by atoms with Gasteiger partial charge in [0.25, 0.3) is 0 Å². The Hall–Kier alpha value is -2.60. The van der Waals surface area contributed by atoms with Gasteiger partial charge < -0.3 is 9.88 Å². The number of aromatic nitrogens is 4. The van der Waals surface area contributed by atoms with Crippen LogP contribution in [-0.2, 0) is 6.54 Å².